The van der Waals surface area contributed by atoms with Crippen molar-refractivity contribution in [1.82, 2.24) is 15.0 Å². The molecule has 8 heteroatoms. The van der Waals surface area contributed by atoms with Gasteiger partial charge in [-0.15, -0.1) is 5.10 Å². The topological polar surface area (TPSA) is 111 Å². The molecule has 2 aromatic carbocycles. The molecule has 2 heterocycles. The van der Waals surface area contributed by atoms with Crippen LogP contribution in [0.5, 0.6) is 0 Å². The molecule has 0 radical (unpaired) electrons. The quantitative estimate of drug-likeness (QED) is 0.716. The number of fused-ring (bicyclic) bond motifs is 1. The third-order valence-corrected chi connectivity index (χ3v) is 5.56. The molecule has 28 heavy (non-hydrogen) atoms. The Hall–Kier alpha value is -3.42. The highest BCUT2D eigenvalue weighted by Crippen LogP contribution is 2.39. The number of aliphatic imine (C=N–C) groups is 2. The van der Waals surface area contributed by atoms with Gasteiger partial charge in [0.15, 0.2) is 0 Å². The molecule has 1 fully saturated rings. The summed E-state index contributed by atoms with van der Waals surface area (Å²) in [5.74, 6) is 0.662. The molecule has 4 N–H and O–H groups in total. The largest absolute Gasteiger partial charge is 0.369 e. The highest BCUT2D eigenvalue weighted by Gasteiger charge is 2.42. The molecule has 1 saturated carbocycles. The molecule has 142 valence electrons. The lowest BCUT2D eigenvalue weighted by molar-refractivity contribution is 0.305. The average Bonchev–Trinajstić information content (AvgIpc) is 3.13. The number of aromatic nitrogens is 3. The molecule has 0 unspecified atom stereocenters. The second-order valence-electron chi connectivity index (χ2n) is 7.32. The molecular formula is C20H22N8. The fourth-order valence-electron chi connectivity index (χ4n) is 4.30. The van der Waals surface area contributed by atoms with Gasteiger partial charge in [-0.3, -0.25) is 4.90 Å². The first kappa shape index (κ1) is 16.7. The maximum absolute atomic E-state index is 6.30. The Bertz CT molecular complexity index is 1070. The second-order valence-corrected chi connectivity index (χ2v) is 7.32. The first-order chi connectivity index (χ1) is 13.7. The predicted octanol–water partition coefficient (Wildman–Crippen LogP) is 2.53. The van der Waals surface area contributed by atoms with Crippen LogP contribution < -0.4 is 16.4 Å². The summed E-state index contributed by atoms with van der Waals surface area (Å²) in [5.41, 5.74) is 15.5. The summed E-state index contributed by atoms with van der Waals surface area (Å²) in [6.07, 6.45) is 5.24. The number of para-hydroxylation sites is 1. The normalized spacial score (nSPS) is 18.9. The minimum atomic E-state index is -0.435. The zero-order valence-electron chi connectivity index (χ0n) is 15.5. The smallest absolute Gasteiger partial charge is 0.220 e. The molecule has 3 aromatic rings. The van der Waals surface area contributed by atoms with E-state index >= 15 is 0 Å². The summed E-state index contributed by atoms with van der Waals surface area (Å²) in [5, 5.41) is 8.51. The van der Waals surface area contributed by atoms with Crippen molar-refractivity contribution in [2.24, 2.45) is 21.5 Å². The van der Waals surface area contributed by atoms with Crippen LogP contribution in [0.4, 0.5) is 5.69 Å². The van der Waals surface area contributed by atoms with Crippen LogP contribution in [0.25, 0.3) is 16.7 Å². The fourth-order valence-corrected chi connectivity index (χ4v) is 4.30. The number of hydrogen-bond acceptors (Lipinski definition) is 7. The SMILES string of the molecule is NC1=NC2(CCCCC2)N(c2ccc(-n3nnc4ccccc43)cc2)C(N)=N1. The molecule has 0 bridgehead atoms. The van der Waals surface area contributed by atoms with Crippen LogP contribution in [-0.2, 0) is 0 Å². The van der Waals surface area contributed by atoms with Crippen molar-refractivity contribution >= 4 is 28.6 Å². The van der Waals surface area contributed by atoms with E-state index in [2.05, 4.69) is 15.3 Å². The van der Waals surface area contributed by atoms with Crippen LogP contribution in [0, 0.1) is 0 Å². The lowest BCUT2D eigenvalue weighted by Gasteiger charge is -2.45. The van der Waals surface area contributed by atoms with Gasteiger partial charge in [0.2, 0.25) is 11.9 Å². The molecule has 1 aromatic heterocycles. The van der Waals surface area contributed by atoms with Crippen LogP contribution >= 0.6 is 0 Å². The molecule has 5 rings (SSSR count). The minimum Gasteiger partial charge on any atom is -0.369 e. The molecule has 1 aliphatic carbocycles. The summed E-state index contributed by atoms with van der Waals surface area (Å²) in [4.78, 5) is 11.0. The minimum absolute atomic E-state index is 0.265. The molecule has 1 aliphatic heterocycles. The Balaban J connectivity index is 1.53. The Morgan fingerprint density at radius 1 is 0.857 bits per heavy atom. The highest BCUT2D eigenvalue weighted by molar-refractivity contribution is 6.05. The standard InChI is InChI=1S/C20H22N8/c21-18-23-19(22)27(20(24-18)12-4-1-5-13-20)14-8-10-15(11-9-14)28-17-7-3-2-6-16(17)25-26-28/h2-3,6-11H,1,4-5,12-13H2,(H4,21,22,23,24). The van der Waals surface area contributed by atoms with E-state index in [9.17, 15) is 0 Å². The average molecular weight is 374 g/mol. The number of guanidine groups is 2. The van der Waals surface area contributed by atoms with E-state index in [0.717, 1.165) is 48.1 Å². The van der Waals surface area contributed by atoms with Gasteiger partial charge in [0, 0.05) is 5.69 Å². The van der Waals surface area contributed by atoms with E-state index in [1.54, 1.807) is 0 Å². The van der Waals surface area contributed by atoms with Crippen molar-refractivity contribution in [3.8, 4) is 5.69 Å². The number of nitrogens with two attached hydrogens (primary N) is 2. The van der Waals surface area contributed by atoms with Crippen LogP contribution in [0.2, 0.25) is 0 Å². The molecule has 0 amide bonds. The summed E-state index contributed by atoms with van der Waals surface area (Å²) >= 11 is 0. The molecule has 2 aliphatic rings. The molecular weight excluding hydrogens is 352 g/mol. The van der Waals surface area contributed by atoms with Crippen LogP contribution in [-0.4, -0.2) is 32.6 Å². The monoisotopic (exact) mass is 374 g/mol. The van der Waals surface area contributed by atoms with Gasteiger partial charge in [0.25, 0.3) is 0 Å². The first-order valence-electron chi connectivity index (χ1n) is 9.57. The number of anilines is 1. The van der Waals surface area contributed by atoms with Crippen molar-refractivity contribution in [3.63, 3.8) is 0 Å². The van der Waals surface area contributed by atoms with Gasteiger partial charge in [-0.1, -0.05) is 23.8 Å². The third-order valence-electron chi connectivity index (χ3n) is 5.56. The van der Waals surface area contributed by atoms with E-state index in [0.29, 0.717) is 5.96 Å². The molecule has 8 nitrogen and oxygen atoms in total. The van der Waals surface area contributed by atoms with Crippen LogP contribution in [0.1, 0.15) is 32.1 Å². The Morgan fingerprint density at radius 2 is 1.57 bits per heavy atom. The Morgan fingerprint density at radius 3 is 2.36 bits per heavy atom. The van der Waals surface area contributed by atoms with E-state index < -0.39 is 5.66 Å². The van der Waals surface area contributed by atoms with E-state index in [4.69, 9.17) is 16.5 Å². The van der Waals surface area contributed by atoms with Crippen molar-refractivity contribution in [2.45, 2.75) is 37.8 Å². The molecule has 0 saturated heterocycles. The Kier molecular flexibility index (Phi) is 3.78. The second kappa shape index (κ2) is 6.33. The van der Waals surface area contributed by atoms with Gasteiger partial charge in [-0.05, 0) is 62.1 Å². The summed E-state index contributed by atoms with van der Waals surface area (Å²) in [6, 6.07) is 16.0. The lowest BCUT2D eigenvalue weighted by atomic mass is 9.87. The van der Waals surface area contributed by atoms with Gasteiger partial charge in [-0.25, -0.2) is 9.67 Å². The van der Waals surface area contributed by atoms with Crippen molar-refractivity contribution in [2.75, 3.05) is 4.90 Å². The van der Waals surface area contributed by atoms with E-state index in [-0.39, 0.29) is 5.96 Å². The number of hydrogen-bond donors (Lipinski definition) is 2. The maximum Gasteiger partial charge on any atom is 0.220 e. The van der Waals surface area contributed by atoms with Crippen molar-refractivity contribution in [3.05, 3.63) is 48.5 Å². The Labute approximate surface area is 162 Å². The lowest BCUT2D eigenvalue weighted by Crippen LogP contribution is -2.58. The maximum atomic E-state index is 6.30. The van der Waals surface area contributed by atoms with Crippen LogP contribution in [0.15, 0.2) is 58.5 Å². The zero-order chi connectivity index (χ0) is 19.1. The van der Waals surface area contributed by atoms with Gasteiger partial charge in [-0.2, -0.15) is 4.99 Å². The first-order valence-corrected chi connectivity index (χ1v) is 9.57. The number of nitrogens with zero attached hydrogens (tertiary/aromatic N) is 6. The van der Waals surface area contributed by atoms with Crippen molar-refractivity contribution in [1.29, 1.82) is 0 Å². The zero-order valence-corrected chi connectivity index (χ0v) is 15.5. The fraction of sp³-hybridized carbons (Fsp3) is 0.300. The number of rotatable bonds is 2. The van der Waals surface area contributed by atoms with Gasteiger partial charge in [0.1, 0.15) is 11.2 Å². The number of benzene rings is 2. The predicted molar refractivity (Wildman–Crippen MR) is 110 cm³/mol. The summed E-state index contributed by atoms with van der Waals surface area (Å²) in [7, 11) is 0. The van der Waals surface area contributed by atoms with Gasteiger partial charge in [0.05, 0.1) is 11.2 Å². The van der Waals surface area contributed by atoms with E-state index in [1.807, 2.05) is 58.1 Å². The van der Waals surface area contributed by atoms with Gasteiger partial charge < -0.3 is 11.5 Å². The van der Waals surface area contributed by atoms with Crippen molar-refractivity contribution < 1.29 is 0 Å². The highest BCUT2D eigenvalue weighted by atomic mass is 15.4. The third kappa shape index (κ3) is 2.60. The summed E-state index contributed by atoms with van der Waals surface area (Å²) in [6.45, 7) is 0. The van der Waals surface area contributed by atoms with E-state index in [1.165, 1.54) is 6.42 Å². The molecule has 1 spiro atoms. The summed E-state index contributed by atoms with van der Waals surface area (Å²) < 4.78 is 1.83. The molecule has 0 atom stereocenters. The van der Waals surface area contributed by atoms with Crippen LogP contribution in [0.3, 0.4) is 0 Å². The van der Waals surface area contributed by atoms with Gasteiger partial charge >= 0.3 is 0 Å².